The summed E-state index contributed by atoms with van der Waals surface area (Å²) < 4.78 is 13.0. The van der Waals surface area contributed by atoms with Crippen LogP contribution in [0.5, 0.6) is 0 Å². The Bertz CT molecular complexity index is 572. The van der Waals surface area contributed by atoms with Crippen LogP contribution in [0.2, 0.25) is 0 Å². The molecule has 23 heavy (non-hydrogen) atoms. The number of carbonyl (C=O) groups is 1. The molecule has 1 atom stereocenters. The summed E-state index contributed by atoms with van der Waals surface area (Å²) in [4.78, 5) is 15.4. The minimum Gasteiger partial charge on any atom is -0.316 e. The van der Waals surface area contributed by atoms with Gasteiger partial charge in [0, 0.05) is 19.0 Å². The van der Waals surface area contributed by atoms with E-state index in [1.807, 2.05) is 26.0 Å². The molecule has 0 bridgehead atoms. The van der Waals surface area contributed by atoms with Crippen molar-refractivity contribution in [2.24, 2.45) is 0 Å². The molecule has 0 N–H and O–H groups in total. The molecule has 0 unspecified atom stereocenters. The summed E-state index contributed by atoms with van der Waals surface area (Å²) in [6, 6.07) is 10.2. The number of carbonyl (C=O) groups excluding carboxylic acids is 1. The predicted molar refractivity (Wildman–Crippen MR) is 84.5 cm³/mol. The van der Waals surface area contributed by atoms with E-state index in [1.54, 1.807) is 12.1 Å². The molecule has 0 aliphatic heterocycles. The Kier molecular flexibility index (Phi) is 7.73. The van der Waals surface area contributed by atoms with Crippen molar-refractivity contribution in [3.8, 4) is 12.1 Å². The molecule has 0 fully saturated rings. The highest BCUT2D eigenvalue weighted by Gasteiger charge is 2.18. The van der Waals surface area contributed by atoms with Gasteiger partial charge in [-0.2, -0.15) is 10.5 Å². The van der Waals surface area contributed by atoms with Gasteiger partial charge in [-0.3, -0.25) is 9.69 Å². The fourth-order valence-electron chi connectivity index (χ4n) is 2.38. The summed E-state index contributed by atoms with van der Waals surface area (Å²) in [5, 5.41) is 17.4. The van der Waals surface area contributed by atoms with Crippen molar-refractivity contribution in [1.29, 1.82) is 10.5 Å². The minimum atomic E-state index is -0.275. The molecule has 0 aromatic heterocycles. The van der Waals surface area contributed by atoms with Gasteiger partial charge in [0.1, 0.15) is 18.9 Å². The Morgan fingerprint density at radius 1 is 1.22 bits per heavy atom. The van der Waals surface area contributed by atoms with Crippen molar-refractivity contribution in [3.05, 3.63) is 35.6 Å². The third-order valence-corrected chi connectivity index (χ3v) is 3.80. The average molecular weight is 316 g/mol. The van der Waals surface area contributed by atoms with Crippen LogP contribution in [0.4, 0.5) is 4.39 Å². The van der Waals surface area contributed by atoms with Gasteiger partial charge in [0.2, 0.25) is 5.91 Å². The predicted octanol–water partition coefficient (Wildman–Crippen LogP) is 2.47. The van der Waals surface area contributed by atoms with Crippen molar-refractivity contribution in [2.75, 3.05) is 26.2 Å². The number of benzene rings is 1. The van der Waals surface area contributed by atoms with Crippen LogP contribution in [0.3, 0.4) is 0 Å². The van der Waals surface area contributed by atoms with Gasteiger partial charge in [-0.1, -0.05) is 19.1 Å². The summed E-state index contributed by atoms with van der Waals surface area (Å²) in [6.07, 6.45) is 0.239. The van der Waals surface area contributed by atoms with Crippen LogP contribution in [0.25, 0.3) is 0 Å². The molecule has 1 aromatic rings. The molecule has 0 saturated carbocycles. The van der Waals surface area contributed by atoms with Crippen LogP contribution in [-0.2, 0) is 4.79 Å². The highest BCUT2D eigenvalue weighted by Crippen LogP contribution is 2.20. The first-order valence-corrected chi connectivity index (χ1v) is 7.54. The van der Waals surface area contributed by atoms with E-state index in [9.17, 15) is 9.18 Å². The zero-order valence-corrected chi connectivity index (χ0v) is 13.5. The van der Waals surface area contributed by atoms with Gasteiger partial charge in [-0.05, 0) is 31.2 Å². The Hall–Kier alpha value is -2.44. The number of halogens is 1. The summed E-state index contributed by atoms with van der Waals surface area (Å²) in [5.74, 6) is -0.485. The zero-order chi connectivity index (χ0) is 17.2. The standard InChI is InChI=1S/C17H21FN4O/c1-3-21(14(2)15-4-6-16(18)7-5-15)11-8-17(23)22(12-9-19)13-10-20/h4-7,14H,3,8,11-13H2,1-2H3/t14-/m0/s1. The largest absolute Gasteiger partial charge is 0.316 e. The third kappa shape index (κ3) is 5.69. The minimum absolute atomic E-state index is 0.0498. The molecule has 1 rings (SSSR count). The lowest BCUT2D eigenvalue weighted by Crippen LogP contribution is -2.36. The first-order valence-electron chi connectivity index (χ1n) is 7.54. The maximum Gasteiger partial charge on any atom is 0.225 e. The molecule has 0 spiro atoms. The number of rotatable bonds is 8. The molecule has 0 saturated heterocycles. The first-order chi connectivity index (χ1) is 11.0. The summed E-state index contributed by atoms with van der Waals surface area (Å²) in [7, 11) is 0. The molecule has 1 amide bonds. The van der Waals surface area contributed by atoms with E-state index in [1.165, 1.54) is 17.0 Å². The third-order valence-electron chi connectivity index (χ3n) is 3.80. The van der Waals surface area contributed by atoms with Crippen molar-refractivity contribution >= 4 is 5.91 Å². The summed E-state index contributed by atoms with van der Waals surface area (Å²) in [5.41, 5.74) is 0.978. The van der Waals surface area contributed by atoms with Crippen LogP contribution in [0.15, 0.2) is 24.3 Å². The van der Waals surface area contributed by atoms with Gasteiger partial charge < -0.3 is 4.90 Å². The van der Waals surface area contributed by atoms with Crippen LogP contribution in [0.1, 0.15) is 31.9 Å². The van der Waals surface area contributed by atoms with Gasteiger partial charge in [0.15, 0.2) is 0 Å². The second kappa shape index (κ2) is 9.55. The number of amides is 1. The quantitative estimate of drug-likeness (QED) is 0.691. The molecule has 0 aliphatic carbocycles. The zero-order valence-electron chi connectivity index (χ0n) is 13.5. The number of nitriles is 2. The summed E-state index contributed by atoms with van der Waals surface area (Å²) >= 11 is 0. The van der Waals surface area contributed by atoms with E-state index in [4.69, 9.17) is 10.5 Å². The fraction of sp³-hybridized carbons (Fsp3) is 0.471. The molecule has 0 radical (unpaired) electrons. The normalized spacial score (nSPS) is 11.6. The van der Waals surface area contributed by atoms with Crippen LogP contribution < -0.4 is 0 Å². The van der Waals surface area contributed by atoms with E-state index in [-0.39, 0.29) is 37.3 Å². The lowest BCUT2D eigenvalue weighted by molar-refractivity contribution is -0.130. The Morgan fingerprint density at radius 2 is 1.78 bits per heavy atom. The Balaban J connectivity index is 2.65. The molecule has 1 aromatic carbocycles. The summed E-state index contributed by atoms with van der Waals surface area (Å²) in [6.45, 7) is 5.10. The van der Waals surface area contributed by atoms with Crippen molar-refractivity contribution in [1.82, 2.24) is 9.80 Å². The number of nitrogens with zero attached hydrogens (tertiary/aromatic N) is 4. The van der Waals surface area contributed by atoms with Crippen molar-refractivity contribution in [3.63, 3.8) is 0 Å². The molecule has 122 valence electrons. The molecular weight excluding hydrogens is 295 g/mol. The van der Waals surface area contributed by atoms with E-state index in [0.29, 0.717) is 6.54 Å². The number of hydrogen-bond donors (Lipinski definition) is 0. The van der Waals surface area contributed by atoms with Crippen LogP contribution in [-0.4, -0.2) is 41.9 Å². The second-order valence-corrected chi connectivity index (χ2v) is 5.17. The first kappa shape index (κ1) is 18.6. The van der Waals surface area contributed by atoms with Gasteiger partial charge >= 0.3 is 0 Å². The van der Waals surface area contributed by atoms with Crippen LogP contribution in [0, 0.1) is 28.5 Å². The van der Waals surface area contributed by atoms with Crippen molar-refractivity contribution < 1.29 is 9.18 Å². The smallest absolute Gasteiger partial charge is 0.225 e. The van der Waals surface area contributed by atoms with Gasteiger partial charge in [-0.15, -0.1) is 0 Å². The fourth-order valence-corrected chi connectivity index (χ4v) is 2.38. The maximum atomic E-state index is 13.0. The van der Waals surface area contributed by atoms with Gasteiger partial charge in [-0.25, -0.2) is 4.39 Å². The molecule has 6 heteroatoms. The topological polar surface area (TPSA) is 71.1 Å². The van der Waals surface area contributed by atoms with Gasteiger partial charge in [0.05, 0.1) is 12.1 Å². The van der Waals surface area contributed by atoms with Gasteiger partial charge in [0.25, 0.3) is 0 Å². The van der Waals surface area contributed by atoms with E-state index >= 15 is 0 Å². The highest BCUT2D eigenvalue weighted by atomic mass is 19.1. The molecular formula is C17H21FN4O. The Morgan fingerprint density at radius 3 is 2.26 bits per heavy atom. The number of hydrogen-bond acceptors (Lipinski definition) is 4. The molecule has 5 nitrogen and oxygen atoms in total. The maximum absolute atomic E-state index is 13.0. The lowest BCUT2D eigenvalue weighted by atomic mass is 10.1. The lowest BCUT2D eigenvalue weighted by Gasteiger charge is -2.28. The van der Waals surface area contributed by atoms with E-state index < -0.39 is 0 Å². The molecule has 0 heterocycles. The van der Waals surface area contributed by atoms with E-state index in [2.05, 4.69) is 4.90 Å². The second-order valence-electron chi connectivity index (χ2n) is 5.17. The highest BCUT2D eigenvalue weighted by molar-refractivity contribution is 5.76. The SMILES string of the molecule is CCN(CCC(=O)N(CC#N)CC#N)[C@@H](C)c1ccc(F)cc1. The van der Waals surface area contributed by atoms with Crippen LogP contribution >= 0.6 is 0 Å². The average Bonchev–Trinajstić information content (AvgIpc) is 2.55. The monoisotopic (exact) mass is 316 g/mol. The van der Waals surface area contributed by atoms with Crippen molar-refractivity contribution in [2.45, 2.75) is 26.3 Å². The molecule has 0 aliphatic rings. The Labute approximate surface area is 136 Å². The van der Waals surface area contributed by atoms with E-state index in [0.717, 1.165) is 12.1 Å².